The van der Waals surface area contributed by atoms with Crippen LogP contribution in [0.5, 0.6) is 0 Å². The second-order valence-corrected chi connectivity index (χ2v) is 5.37. The van der Waals surface area contributed by atoms with Crippen LogP contribution in [-0.4, -0.2) is 14.9 Å². The van der Waals surface area contributed by atoms with E-state index in [1.807, 2.05) is 6.92 Å². The van der Waals surface area contributed by atoms with Gasteiger partial charge in [0.1, 0.15) is 11.6 Å². The Kier molecular flexibility index (Phi) is 4.64. The minimum atomic E-state index is -1.32. The summed E-state index contributed by atoms with van der Waals surface area (Å²) in [6.07, 6.45) is -0.669. The predicted octanol–water partition coefficient (Wildman–Crippen LogP) is 3.50. The molecule has 0 aliphatic heterocycles. The van der Waals surface area contributed by atoms with Crippen LogP contribution in [0, 0.1) is 18.6 Å². The summed E-state index contributed by atoms with van der Waals surface area (Å²) in [5.41, 5.74) is 1.22. The molecule has 1 N–H and O–H groups in total. The minimum Gasteiger partial charge on any atom is -0.388 e. The van der Waals surface area contributed by atoms with E-state index in [-0.39, 0.29) is 17.5 Å². The monoisotopic (exact) mass is 314 g/mol. The molecule has 0 aliphatic rings. The maximum absolute atomic E-state index is 14.0. The number of aliphatic hydroxyl groups is 1. The average Bonchev–Trinajstić information content (AvgIpc) is 2.71. The summed E-state index contributed by atoms with van der Waals surface area (Å²) in [6, 6.07) is 2.49. The number of nitrogens with zero attached hydrogens (tertiary/aromatic N) is 2. The Morgan fingerprint density at radius 2 is 2.05 bits per heavy atom. The van der Waals surface area contributed by atoms with Crippen molar-refractivity contribution in [3.05, 3.63) is 51.3 Å². The first kappa shape index (κ1) is 15.9. The number of aryl methyl sites for hydroxylation is 3. The number of hydrogen-bond donors (Lipinski definition) is 1. The molecule has 1 aromatic heterocycles. The molecular formula is C15H17ClF2N2O. The van der Waals surface area contributed by atoms with Crippen molar-refractivity contribution in [3.8, 4) is 0 Å². The van der Waals surface area contributed by atoms with Crippen LogP contribution in [0.2, 0.25) is 5.02 Å². The lowest BCUT2D eigenvalue weighted by molar-refractivity contribution is 0.165. The smallest absolute Gasteiger partial charge is 0.134 e. The topological polar surface area (TPSA) is 38.0 Å². The molecule has 6 heteroatoms. The molecule has 21 heavy (non-hydrogen) atoms. The molecule has 0 spiro atoms. The maximum atomic E-state index is 14.0. The van der Waals surface area contributed by atoms with Gasteiger partial charge in [0.2, 0.25) is 0 Å². The summed E-state index contributed by atoms with van der Waals surface area (Å²) < 4.78 is 29.4. The number of rotatable bonds is 4. The van der Waals surface area contributed by atoms with E-state index in [0.29, 0.717) is 22.8 Å². The van der Waals surface area contributed by atoms with Crippen LogP contribution < -0.4 is 0 Å². The highest BCUT2D eigenvalue weighted by molar-refractivity contribution is 6.31. The largest absolute Gasteiger partial charge is 0.388 e. The molecule has 0 aliphatic carbocycles. The third-order valence-electron chi connectivity index (χ3n) is 3.54. The SMILES string of the molecule is CCc1nn(C)c(CC(O)c2c(F)ccc(C)c2F)c1Cl. The Hall–Kier alpha value is -1.46. The van der Waals surface area contributed by atoms with E-state index in [4.69, 9.17) is 11.6 Å². The predicted molar refractivity (Wildman–Crippen MR) is 77.4 cm³/mol. The van der Waals surface area contributed by atoms with Crippen LogP contribution in [0.3, 0.4) is 0 Å². The van der Waals surface area contributed by atoms with Gasteiger partial charge in [-0.3, -0.25) is 4.68 Å². The van der Waals surface area contributed by atoms with Gasteiger partial charge in [0.25, 0.3) is 0 Å². The molecule has 2 aromatic rings. The second kappa shape index (κ2) is 6.12. The molecule has 0 radical (unpaired) electrons. The molecule has 3 nitrogen and oxygen atoms in total. The first-order chi connectivity index (χ1) is 9.86. The summed E-state index contributed by atoms with van der Waals surface area (Å²) in [5, 5.41) is 14.9. The molecule has 0 saturated heterocycles. The quantitative estimate of drug-likeness (QED) is 0.938. The van der Waals surface area contributed by atoms with Crippen molar-refractivity contribution in [1.82, 2.24) is 9.78 Å². The van der Waals surface area contributed by atoms with Crippen LogP contribution in [0.1, 0.15) is 35.5 Å². The van der Waals surface area contributed by atoms with Gasteiger partial charge in [-0.15, -0.1) is 0 Å². The molecule has 114 valence electrons. The molecule has 1 aromatic carbocycles. The van der Waals surface area contributed by atoms with Gasteiger partial charge in [0, 0.05) is 13.5 Å². The van der Waals surface area contributed by atoms with Crippen molar-refractivity contribution in [2.75, 3.05) is 0 Å². The fourth-order valence-corrected chi connectivity index (χ4v) is 2.68. The van der Waals surface area contributed by atoms with E-state index in [1.54, 1.807) is 7.05 Å². The molecule has 2 rings (SSSR count). The highest BCUT2D eigenvalue weighted by atomic mass is 35.5. The molecule has 0 fully saturated rings. The lowest BCUT2D eigenvalue weighted by Crippen LogP contribution is -2.11. The van der Waals surface area contributed by atoms with Crippen molar-refractivity contribution in [1.29, 1.82) is 0 Å². The number of aliphatic hydroxyl groups excluding tert-OH is 1. The van der Waals surface area contributed by atoms with Crippen molar-refractivity contribution < 1.29 is 13.9 Å². The van der Waals surface area contributed by atoms with E-state index in [9.17, 15) is 13.9 Å². The van der Waals surface area contributed by atoms with Gasteiger partial charge in [0.15, 0.2) is 0 Å². The van der Waals surface area contributed by atoms with Crippen LogP contribution >= 0.6 is 11.6 Å². The molecule has 1 unspecified atom stereocenters. The first-order valence-corrected chi connectivity index (χ1v) is 7.07. The van der Waals surface area contributed by atoms with Gasteiger partial charge in [-0.05, 0) is 25.0 Å². The molecular weight excluding hydrogens is 298 g/mol. The van der Waals surface area contributed by atoms with Gasteiger partial charge < -0.3 is 5.11 Å². The standard InChI is InChI=1S/C15H17ClF2N2O/c1-4-10-14(16)11(20(3)19-10)7-12(21)13-9(17)6-5-8(2)15(13)18/h5-6,12,21H,4,7H2,1-3H3. The Morgan fingerprint density at radius 1 is 1.38 bits per heavy atom. The number of benzene rings is 1. The Balaban J connectivity index is 2.37. The van der Waals surface area contributed by atoms with Crippen LogP contribution in [0.4, 0.5) is 8.78 Å². The molecule has 0 amide bonds. The number of hydrogen-bond acceptors (Lipinski definition) is 2. The fraction of sp³-hybridized carbons (Fsp3) is 0.400. The van der Waals surface area contributed by atoms with Crippen molar-refractivity contribution in [3.63, 3.8) is 0 Å². The van der Waals surface area contributed by atoms with E-state index >= 15 is 0 Å². The average molecular weight is 315 g/mol. The first-order valence-electron chi connectivity index (χ1n) is 6.69. The van der Waals surface area contributed by atoms with Gasteiger partial charge in [-0.1, -0.05) is 24.6 Å². The van der Waals surface area contributed by atoms with Crippen molar-refractivity contribution in [2.45, 2.75) is 32.8 Å². The molecule has 0 bridgehead atoms. The van der Waals surface area contributed by atoms with Gasteiger partial charge in [0.05, 0.1) is 28.1 Å². The summed E-state index contributed by atoms with van der Waals surface area (Å²) in [5.74, 6) is -1.49. The van der Waals surface area contributed by atoms with Gasteiger partial charge >= 0.3 is 0 Å². The minimum absolute atomic E-state index is 0.000370. The van der Waals surface area contributed by atoms with E-state index in [2.05, 4.69) is 5.10 Å². The van der Waals surface area contributed by atoms with E-state index in [1.165, 1.54) is 17.7 Å². The molecule has 1 heterocycles. The Morgan fingerprint density at radius 3 is 2.62 bits per heavy atom. The normalized spacial score (nSPS) is 12.7. The fourth-order valence-electron chi connectivity index (χ4n) is 2.31. The summed E-state index contributed by atoms with van der Waals surface area (Å²) >= 11 is 6.19. The summed E-state index contributed by atoms with van der Waals surface area (Å²) in [4.78, 5) is 0. The third kappa shape index (κ3) is 2.94. The lowest BCUT2D eigenvalue weighted by Gasteiger charge is -2.14. The molecule has 1 atom stereocenters. The van der Waals surface area contributed by atoms with Crippen LogP contribution in [0.15, 0.2) is 12.1 Å². The zero-order valence-electron chi connectivity index (χ0n) is 12.1. The number of halogens is 3. The van der Waals surface area contributed by atoms with E-state index in [0.717, 1.165) is 6.07 Å². The van der Waals surface area contributed by atoms with Gasteiger partial charge in [-0.2, -0.15) is 5.10 Å². The maximum Gasteiger partial charge on any atom is 0.134 e. The summed E-state index contributed by atoms with van der Waals surface area (Å²) in [6.45, 7) is 3.44. The third-order valence-corrected chi connectivity index (χ3v) is 3.98. The number of aromatic nitrogens is 2. The Bertz CT molecular complexity index is 670. The summed E-state index contributed by atoms with van der Waals surface area (Å²) in [7, 11) is 1.69. The zero-order valence-corrected chi connectivity index (χ0v) is 12.9. The van der Waals surface area contributed by atoms with Crippen molar-refractivity contribution in [2.24, 2.45) is 7.05 Å². The van der Waals surface area contributed by atoms with Crippen LogP contribution in [0.25, 0.3) is 0 Å². The lowest BCUT2D eigenvalue weighted by atomic mass is 10.0. The van der Waals surface area contributed by atoms with Crippen LogP contribution in [-0.2, 0) is 19.9 Å². The van der Waals surface area contributed by atoms with Crippen molar-refractivity contribution >= 4 is 11.6 Å². The highest BCUT2D eigenvalue weighted by Gasteiger charge is 2.23. The van der Waals surface area contributed by atoms with E-state index < -0.39 is 17.7 Å². The van der Waals surface area contributed by atoms with Gasteiger partial charge in [-0.25, -0.2) is 8.78 Å². The zero-order chi connectivity index (χ0) is 15.7. The molecule has 0 saturated carbocycles. The Labute approximate surface area is 127 Å². The highest BCUT2D eigenvalue weighted by Crippen LogP contribution is 2.29. The second-order valence-electron chi connectivity index (χ2n) is 5.00.